The maximum atomic E-state index is 12.3. The Morgan fingerprint density at radius 3 is 2.62 bits per heavy atom. The minimum absolute atomic E-state index is 0.110. The summed E-state index contributed by atoms with van der Waals surface area (Å²) in [5, 5.41) is 8.04. The van der Waals surface area contributed by atoms with E-state index >= 15 is 0 Å². The van der Waals surface area contributed by atoms with Crippen molar-refractivity contribution in [3.63, 3.8) is 0 Å². The summed E-state index contributed by atoms with van der Waals surface area (Å²) in [4.78, 5) is 16.8. The van der Waals surface area contributed by atoms with Crippen LogP contribution in [0.15, 0.2) is 60.8 Å². The van der Waals surface area contributed by atoms with E-state index in [0.29, 0.717) is 5.75 Å². The van der Waals surface area contributed by atoms with Gasteiger partial charge in [0.15, 0.2) is 5.75 Å². The molecule has 1 aliphatic rings. The molecule has 1 fully saturated rings. The summed E-state index contributed by atoms with van der Waals surface area (Å²) in [5.41, 5.74) is 1.92. The Morgan fingerprint density at radius 1 is 1.08 bits per heavy atom. The van der Waals surface area contributed by atoms with Crippen molar-refractivity contribution in [3.05, 3.63) is 60.8 Å². The van der Waals surface area contributed by atoms with Crippen molar-refractivity contribution in [2.45, 2.75) is 18.9 Å². The summed E-state index contributed by atoms with van der Waals surface area (Å²) in [5.74, 6) is 0.474. The molecular formula is C21H21N3O2. The maximum absolute atomic E-state index is 12.3. The molecule has 2 heterocycles. The number of aromatic nitrogens is 1. The second-order valence-corrected chi connectivity index (χ2v) is 6.46. The topological polar surface area (TPSA) is 63.2 Å². The molecule has 2 N–H and O–H groups in total. The van der Waals surface area contributed by atoms with Crippen molar-refractivity contribution in [2.24, 2.45) is 0 Å². The molecular weight excluding hydrogens is 326 g/mol. The first-order valence-electron chi connectivity index (χ1n) is 8.93. The molecule has 3 aromatic rings. The van der Waals surface area contributed by atoms with Crippen LogP contribution in [0.3, 0.4) is 0 Å². The zero-order chi connectivity index (χ0) is 17.8. The number of pyridine rings is 1. The first-order chi connectivity index (χ1) is 12.8. The van der Waals surface area contributed by atoms with Crippen molar-refractivity contribution in [3.8, 4) is 17.0 Å². The third kappa shape index (κ3) is 3.53. The zero-order valence-corrected chi connectivity index (χ0v) is 14.4. The molecule has 0 aliphatic carbocycles. The molecule has 1 unspecified atom stereocenters. The van der Waals surface area contributed by atoms with Crippen LogP contribution in [-0.4, -0.2) is 30.2 Å². The predicted octanol–water partition coefficient (Wildman–Crippen LogP) is 3.74. The third-order valence-corrected chi connectivity index (χ3v) is 4.63. The van der Waals surface area contributed by atoms with Gasteiger partial charge in [0.05, 0.1) is 11.9 Å². The van der Waals surface area contributed by atoms with E-state index < -0.39 is 6.09 Å². The van der Waals surface area contributed by atoms with E-state index in [1.807, 2.05) is 54.6 Å². The Kier molecular flexibility index (Phi) is 4.80. The Hall–Kier alpha value is -2.92. The molecule has 1 aromatic heterocycles. The maximum Gasteiger partial charge on any atom is 0.412 e. The Balaban J connectivity index is 1.61. The van der Waals surface area contributed by atoms with Crippen molar-refractivity contribution in [1.29, 1.82) is 0 Å². The molecule has 1 aliphatic heterocycles. The Bertz CT molecular complexity index is 906. The van der Waals surface area contributed by atoms with Gasteiger partial charge in [0.25, 0.3) is 0 Å². The van der Waals surface area contributed by atoms with E-state index in [4.69, 9.17) is 4.74 Å². The summed E-state index contributed by atoms with van der Waals surface area (Å²) in [6.45, 7) is 1.78. The number of rotatable bonds is 3. The van der Waals surface area contributed by atoms with Crippen LogP contribution in [0.1, 0.15) is 12.8 Å². The van der Waals surface area contributed by atoms with Gasteiger partial charge in [-0.2, -0.15) is 0 Å². The Labute approximate surface area is 152 Å². The molecule has 1 atom stereocenters. The third-order valence-electron chi connectivity index (χ3n) is 4.63. The highest BCUT2D eigenvalue weighted by molar-refractivity contribution is 5.98. The lowest BCUT2D eigenvalue weighted by Gasteiger charge is -2.23. The number of carbonyl (C=O) groups excluding carboxylic acids is 1. The number of nitrogens with zero attached hydrogens (tertiary/aromatic N) is 1. The van der Waals surface area contributed by atoms with Crippen LogP contribution in [0.4, 0.5) is 4.79 Å². The molecule has 1 saturated heterocycles. The van der Waals surface area contributed by atoms with Gasteiger partial charge >= 0.3 is 6.09 Å². The smallest absolute Gasteiger partial charge is 0.408 e. The van der Waals surface area contributed by atoms with Gasteiger partial charge in [0.2, 0.25) is 0 Å². The predicted molar refractivity (Wildman–Crippen MR) is 102 cm³/mol. The highest BCUT2D eigenvalue weighted by Gasteiger charge is 2.18. The van der Waals surface area contributed by atoms with Crippen LogP contribution in [-0.2, 0) is 0 Å². The van der Waals surface area contributed by atoms with E-state index in [1.165, 1.54) is 0 Å². The summed E-state index contributed by atoms with van der Waals surface area (Å²) < 4.78 is 5.58. The Morgan fingerprint density at radius 2 is 1.85 bits per heavy atom. The molecule has 5 nitrogen and oxygen atoms in total. The molecule has 132 valence electrons. The fourth-order valence-electron chi connectivity index (χ4n) is 3.35. The average Bonchev–Trinajstić information content (AvgIpc) is 2.70. The zero-order valence-electron chi connectivity index (χ0n) is 14.4. The first kappa shape index (κ1) is 16.5. The quantitative estimate of drug-likeness (QED) is 0.757. The SMILES string of the molecule is O=C(NC1CCCNC1)Oc1cnc(-c2ccccc2)c2ccccc12. The lowest BCUT2D eigenvalue weighted by atomic mass is 10.0. The fourth-order valence-corrected chi connectivity index (χ4v) is 3.35. The van der Waals surface area contributed by atoms with E-state index in [2.05, 4.69) is 15.6 Å². The van der Waals surface area contributed by atoms with Gasteiger partial charge in [0.1, 0.15) is 0 Å². The van der Waals surface area contributed by atoms with Crippen molar-refractivity contribution < 1.29 is 9.53 Å². The van der Waals surface area contributed by atoms with Crippen molar-refractivity contribution in [1.82, 2.24) is 15.6 Å². The van der Waals surface area contributed by atoms with Crippen molar-refractivity contribution in [2.75, 3.05) is 13.1 Å². The number of benzene rings is 2. The van der Waals surface area contributed by atoms with Gasteiger partial charge in [-0.15, -0.1) is 0 Å². The summed E-state index contributed by atoms with van der Waals surface area (Å²) in [7, 11) is 0. The van der Waals surface area contributed by atoms with Gasteiger partial charge in [-0.05, 0) is 19.4 Å². The molecule has 4 rings (SSSR count). The number of hydrogen-bond acceptors (Lipinski definition) is 4. The second kappa shape index (κ2) is 7.54. The van der Waals surface area contributed by atoms with Gasteiger partial charge in [-0.1, -0.05) is 54.6 Å². The van der Waals surface area contributed by atoms with E-state index in [1.54, 1.807) is 6.20 Å². The first-order valence-corrected chi connectivity index (χ1v) is 8.93. The minimum atomic E-state index is -0.432. The number of ether oxygens (including phenoxy) is 1. The van der Waals surface area contributed by atoms with Crippen LogP contribution in [0.25, 0.3) is 22.0 Å². The van der Waals surface area contributed by atoms with E-state index in [0.717, 1.165) is 48.0 Å². The fraction of sp³-hybridized carbons (Fsp3) is 0.238. The normalized spacial score (nSPS) is 17.0. The molecule has 2 aromatic carbocycles. The summed E-state index contributed by atoms with van der Waals surface area (Å²) >= 11 is 0. The molecule has 0 spiro atoms. The number of nitrogens with one attached hydrogen (secondary N) is 2. The average molecular weight is 347 g/mol. The number of piperidine rings is 1. The van der Waals surface area contributed by atoms with Gasteiger partial charge in [0, 0.05) is 28.9 Å². The molecule has 0 radical (unpaired) electrons. The standard InChI is InChI=1S/C21H21N3O2/c25-21(24-16-9-6-12-22-13-16)26-19-14-23-20(15-7-2-1-3-8-15)18-11-5-4-10-17(18)19/h1-5,7-8,10-11,14,16,22H,6,9,12-13H2,(H,24,25). The number of fused-ring (bicyclic) bond motifs is 1. The van der Waals surface area contributed by atoms with E-state index in [9.17, 15) is 4.79 Å². The molecule has 0 bridgehead atoms. The molecule has 5 heteroatoms. The summed E-state index contributed by atoms with van der Waals surface area (Å²) in [6.07, 6.45) is 3.22. The number of carbonyl (C=O) groups is 1. The minimum Gasteiger partial charge on any atom is -0.408 e. The largest absolute Gasteiger partial charge is 0.412 e. The highest BCUT2D eigenvalue weighted by atomic mass is 16.6. The molecule has 1 amide bonds. The van der Waals surface area contributed by atoms with Crippen LogP contribution in [0.2, 0.25) is 0 Å². The van der Waals surface area contributed by atoms with Crippen molar-refractivity contribution >= 4 is 16.9 Å². The second-order valence-electron chi connectivity index (χ2n) is 6.46. The lowest BCUT2D eigenvalue weighted by molar-refractivity contribution is 0.193. The highest BCUT2D eigenvalue weighted by Crippen LogP contribution is 2.32. The van der Waals surface area contributed by atoms with Gasteiger partial charge < -0.3 is 15.4 Å². The van der Waals surface area contributed by atoms with Crippen LogP contribution < -0.4 is 15.4 Å². The van der Waals surface area contributed by atoms with Crippen LogP contribution in [0.5, 0.6) is 5.75 Å². The lowest BCUT2D eigenvalue weighted by Crippen LogP contribution is -2.46. The van der Waals surface area contributed by atoms with Gasteiger partial charge in [-0.25, -0.2) is 4.79 Å². The summed E-state index contributed by atoms with van der Waals surface area (Å²) in [6, 6.07) is 18.0. The monoisotopic (exact) mass is 347 g/mol. The van der Waals surface area contributed by atoms with E-state index in [-0.39, 0.29) is 6.04 Å². The molecule has 0 saturated carbocycles. The van der Waals surface area contributed by atoms with Crippen LogP contribution in [0, 0.1) is 0 Å². The van der Waals surface area contributed by atoms with Crippen LogP contribution >= 0.6 is 0 Å². The number of amides is 1. The molecule has 26 heavy (non-hydrogen) atoms. The van der Waals surface area contributed by atoms with Gasteiger partial charge in [-0.3, -0.25) is 4.98 Å². The number of hydrogen-bond donors (Lipinski definition) is 2.